The van der Waals surface area contributed by atoms with Gasteiger partial charge in [-0.2, -0.15) is 11.8 Å². The highest BCUT2D eigenvalue weighted by molar-refractivity contribution is 7.99. The van der Waals surface area contributed by atoms with Crippen LogP contribution in [0.4, 0.5) is 0 Å². The maximum absolute atomic E-state index is 6.17. The average Bonchev–Trinajstić information content (AvgIpc) is 2.42. The maximum atomic E-state index is 6.17. The highest BCUT2D eigenvalue weighted by atomic mass is 35.5. The predicted octanol–water partition coefficient (Wildman–Crippen LogP) is 2.39. The molecule has 2 rings (SSSR count). The molecule has 2 unspecified atom stereocenters. The van der Waals surface area contributed by atoms with Crippen LogP contribution < -0.4 is 5.32 Å². The number of rotatable bonds is 5. The van der Waals surface area contributed by atoms with E-state index in [9.17, 15) is 0 Å². The number of aromatic nitrogens is 1. The monoisotopic (exact) mass is 286 g/mol. The first-order valence-corrected chi connectivity index (χ1v) is 7.85. The summed E-state index contributed by atoms with van der Waals surface area (Å²) in [6.45, 7) is 3.91. The fraction of sp³-hybridized carbons (Fsp3) is 0.615. The topological polar surface area (TPSA) is 34.2 Å². The Balaban J connectivity index is 2.03. The summed E-state index contributed by atoms with van der Waals surface area (Å²) in [7, 11) is 0. The van der Waals surface area contributed by atoms with Gasteiger partial charge in [-0.3, -0.25) is 4.98 Å². The molecule has 0 saturated carbocycles. The van der Waals surface area contributed by atoms with Gasteiger partial charge in [0.2, 0.25) is 0 Å². The number of thioether (sulfide) groups is 1. The lowest BCUT2D eigenvalue weighted by atomic mass is 10.0. The van der Waals surface area contributed by atoms with E-state index in [4.69, 9.17) is 16.3 Å². The Morgan fingerprint density at radius 2 is 2.56 bits per heavy atom. The smallest absolute Gasteiger partial charge is 0.0821 e. The number of nitrogens with one attached hydrogen (secondary N) is 1. The van der Waals surface area contributed by atoms with Crippen LogP contribution in [0.1, 0.15) is 12.5 Å². The van der Waals surface area contributed by atoms with Crippen molar-refractivity contribution in [3.63, 3.8) is 0 Å². The largest absolute Gasteiger partial charge is 0.375 e. The first-order valence-electron chi connectivity index (χ1n) is 6.32. The summed E-state index contributed by atoms with van der Waals surface area (Å²) in [4.78, 5) is 4.02. The van der Waals surface area contributed by atoms with E-state index in [0.717, 1.165) is 41.7 Å². The second-order valence-electron chi connectivity index (χ2n) is 4.32. The molecule has 0 aromatic carbocycles. The summed E-state index contributed by atoms with van der Waals surface area (Å²) in [5.74, 6) is 2.16. The molecule has 18 heavy (non-hydrogen) atoms. The molecule has 1 aromatic rings. The van der Waals surface area contributed by atoms with Crippen molar-refractivity contribution in [1.82, 2.24) is 10.3 Å². The second kappa shape index (κ2) is 7.34. The molecule has 0 aliphatic carbocycles. The fourth-order valence-electron chi connectivity index (χ4n) is 2.14. The molecule has 1 aromatic heterocycles. The molecule has 5 heteroatoms. The van der Waals surface area contributed by atoms with E-state index in [1.54, 1.807) is 12.4 Å². The van der Waals surface area contributed by atoms with Crippen LogP contribution in [-0.4, -0.2) is 41.8 Å². The molecule has 1 saturated heterocycles. The van der Waals surface area contributed by atoms with E-state index < -0.39 is 0 Å². The highest BCUT2D eigenvalue weighted by Crippen LogP contribution is 2.21. The molecule has 1 aliphatic rings. The molecule has 100 valence electrons. The van der Waals surface area contributed by atoms with Crippen LogP contribution in [0.25, 0.3) is 0 Å². The first-order chi connectivity index (χ1) is 8.81. The Morgan fingerprint density at radius 3 is 3.22 bits per heavy atom. The molecule has 0 amide bonds. The van der Waals surface area contributed by atoms with Crippen LogP contribution in [0.5, 0.6) is 0 Å². The van der Waals surface area contributed by atoms with Gasteiger partial charge in [0, 0.05) is 29.9 Å². The molecule has 0 radical (unpaired) electrons. The molecule has 1 N–H and O–H groups in total. The van der Waals surface area contributed by atoms with Crippen LogP contribution in [0.3, 0.4) is 0 Å². The van der Waals surface area contributed by atoms with Gasteiger partial charge in [-0.1, -0.05) is 18.5 Å². The summed E-state index contributed by atoms with van der Waals surface area (Å²) >= 11 is 8.13. The quantitative estimate of drug-likeness (QED) is 0.901. The lowest BCUT2D eigenvalue weighted by molar-refractivity contribution is 0.0476. The zero-order valence-corrected chi connectivity index (χ0v) is 12.1. The molecule has 3 nitrogen and oxygen atoms in total. The Kier molecular flexibility index (Phi) is 5.76. The van der Waals surface area contributed by atoms with Crippen LogP contribution >= 0.6 is 23.4 Å². The van der Waals surface area contributed by atoms with Crippen LogP contribution in [0.15, 0.2) is 18.5 Å². The van der Waals surface area contributed by atoms with Gasteiger partial charge in [0.1, 0.15) is 0 Å². The first kappa shape index (κ1) is 14.1. The van der Waals surface area contributed by atoms with E-state index in [0.29, 0.717) is 6.04 Å². The molecular weight excluding hydrogens is 268 g/mol. The van der Waals surface area contributed by atoms with Crippen molar-refractivity contribution >= 4 is 23.4 Å². The van der Waals surface area contributed by atoms with Crippen molar-refractivity contribution in [2.75, 3.05) is 24.7 Å². The molecule has 2 atom stereocenters. The summed E-state index contributed by atoms with van der Waals surface area (Å²) in [6, 6.07) is 2.31. The number of halogens is 1. The predicted molar refractivity (Wildman–Crippen MR) is 77.5 cm³/mol. The summed E-state index contributed by atoms with van der Waals surface area (Å²) < 4.78 is 5.86. The second-order valence-corrected chi connectivity index (χ2v) is 5.88. The number of likely N-dealkylation sites (N-methyl/N-ethyl adjacent to an activating group) is 1. The minimum absolute atomic E-state index is 0.271. The molecule has 0 bridgehead atoms. The summed E-state index contributed by atoms with van der Waals surface area (Å²) in [6.07, 6.45) is 4.66. The molecule has 2 heterocycles. The molecular formula is C13H19ClN2OS. The number of pyridine rings is 1. The minimum atomic E-state index is 0.271. The Hall–Kier alpha value is -0.290. The molecule has 1 aliphatic heterocycles. The van der Waals surface area contributed by atoms with E-state index in [1.165, 1.54) is 0 Å². The van der Waals surface area contributed by atoms with Crippen LogP contribution in [0.2, 0.25) is 5.02 Å². The Labute approximate surface area is 118 Å². The molecule has 0 spiro atoms. The van der Waals surface area contributed by atoms with Gasteiger partial charge in [0.25, 0.3) is 0 Å². The van der Waals surface area contributed by atoms with Crippen molar-refractivity contribution in [3.05, 3.63) is 29.0 Å². The van der Waals surface area contributed by atoms with Gasteiger partial charge in [0.15, 0.2) is 0 Å². The third-order valence-corrected chi connectivity index (χ3v) is 4.41. The van der Waals surface area contributed by atoms with Gasteiger partial charge < -0.3 is 10.1 Å². The number of hydrogen-bond acceptors (Lipinski definition) is 4. The zero-order chi connectivity index (χ0) is 12.8. The summed E-state index contributed by atoms with van der Waals surface area (Å²) in [5, 5.41) is 4.25. The van der Waals surface area contributed by atoms with E-state index >= 15 is 0 Å². The fourth-order valence-corrected chi connectivity index (χ4v) is 3.28. The highest BCUT2D eigenvalue weighted by Gasteiger charge is 2.24. The van der Waals surface area contributed by atoms with Crippen molar-refractivity contribution in [1.29, 1.82) is 0 Å². The average molecular weight is 287 g/mol. The summed E-state index contributed by atoms with van der Waals surface area (Å²) in [5.41, 5.74) is 1.14. The third-order valence-electron chi connectivity index (χ3n) is 3.05. The van der Waals surface area contributed by atoms with Crippen LogP contribution in [-0.2, 0) is 11.2 Å². The SMILES string of the molecule is CCNC(Cc1ccncc1Cl)C1CSCCO1. The Bertz CT molecular complexity index is 372. The normalized spacial score (nSPS) is 21.8. The van der Waals surface area contributed by atoms with Gasteiger partial charge >= 0.3 is 0 Å². The van der Waals surface area contributed by atoms with Crippen LogP contribution in [0, 0.1) is 0 Å². The van der Waals surface area contributed by atoms with Gasteiger partial charge in [-0.15, -0.1) is 0 Å². The van der Waals surface area contributed by atoms with E-state index in [2.05, 4.69) is 17.2 Å². The van der Waals surface area contributed by atoms with Crippen molar-refractivity contribution in [2.45, 2.75) is 25.5 Å². The van der Waals surface area contributed by atoms with Gasteiger partial charge in [0.05, 0.1) is 17.7 Å². The van der Waals surface area contributed by atoms with Crippen molar-refractivity contribution < 1.29 is 4.74 Å². The zero-order valence-electron chi connectivity index (χ0n) is 10.6. The van der Waals surface area contributed by atoms with E-state index in [-0.39, 0.29) is 6.10 Å². The lowest BCUT2D eigenvalue weighted by Gasteiger charge is -2.31. The maximum Gasteiger partial charge on any atom is 0.0821 e. The Morgan fingerprint density at radius 1 is 1.67 bits per heavy atom. The number of nitrogens with zero attached hydrogens (tertiary/aromatic N) is 1. The van der Waals surface area contributed by atoms with Gasteiger partial charge in [-0.05, 0) is 24.6 Å². The van der Waals surface area contributed by atoms with Crippen molar-refractivity contribution in [3.8, 4) is 0 Å². The number of hydrogen-bond donors (Lipinski definition) is 1. The van der Waals surface area contributed by atoms with Gasteiger partial charge in [-0.25, -0.2) is 0 Å². The van der Waals surface area contributed by atoms with Crippen molar-refractivity contribution in [2.24, 2.45) is 0 Å². The number of ether oxygens (including phenoxy) is 1. The van der Waals surface area contributed by atoms with E-state index in [1.807, 2.05) is 17.8 Å². The minimum Gasteiger partial charge on any atom is -0.375 e. The standard InChI is InChI=1S/C13H19ClN2OS/c1-2-16-12(13-9-18-6-5-17-13)7-10-3-4-15-8-11(10)14/h3-4,8,12-13,16H,2,5-7,9H2,1H3. The lowest BCUT2D eigenvalue weighted by Crippen LogP contribution is -2.46. The molecule has 1 fully saturated rings. The third kappa shape index (κ3) is 3.85.